The third-order valence-electron chi connectivity index (χ3n) is 4.26. The summed E-state index contributed by atoms with van der Waals surface area (Å²) in [4.78, 5) is 25.9. The molecule has 2 heterocycles. The van der Waals surface area contributed by atoms with Gasteiger partial charge in [0.25, 0.3) is 11.8 Å². The van der Waals surface area contributed by atoms with Crippen LogP contribution in [0.1, 0.15) is 33.6 Å². The van der Waals surface area contributed by atoms with Gasteiger partial charge in [0.05, 0.1) is 17.7 Å². The van der Waals surface area contributed by atoms with Gasteiger partial charge in [-0.15, -0.1) is 0 Å². The zero-order valence-corrected chi connectivity index (χ0v) is 11.2. The highest BCUT2D eigenvalue weighted by atomic mass is 16.5. The van der Waals surface area contributed by atoms with Gasteiger partial charge in [0.1, 0.15) is 0 Å². The maximum absolute atomic E-state index is 12.3. The Morgan fingerprint density at radius 2 is 1.65 bits per heavy atom. The van der Waals surface area contributed by atoms with Crippen LogP contribution in [0.5, 0.6) is 0 Å². The Morgan fingerprint density at radius 3 is 2.15 bits per heavy atom. The van der Waals surface area contributed by atoms with E-state index in [2.05, 4.69) is 0 Å². The Labute approximate surface area is 117 Å². The van der Waals surface area contributed by atoms with Crippen LogP contribution in [0.4, 0.5) is 0 Å². The number of nitrogens with zero attached hydrogens (tertiary/aromatic N) is 1. The van der Waals surface area contributed by atoms with E-state index in [0.29, 0.717) is 37.2 Å². The zero-order chi connectivity index (χ0) is 14.2. The maximum Gasteiger partial charge on any atom is 0.261 e. The lowest BCUT2D eigenvalue weighted by Crippen LogP contribution is -2.46. The Hall–Kier alpha value is -1.72. The van der Waals surface area contributed by atoms with Gasteiger partial charge in [0, 0.05) is 25.2 Å². The Balaban J connectivity index is 1.85. The minimum atomic E-state index is -0.425. The van der Waals surface area contributed by atoms with Crippen LogP contribution in [-0.4, -0.2) is 48.2 Å². The Morgan fingerprint density at radius 1 is 1.10 bits per heavy atom. The quantitative estimate of drug-likeness (QED) is 0.838. The first-order valence-electron chi connectivity index (χ1n) is 6.81. The van der Waals surface area contributed by atoms with Gasteiger partial charge >= 0.3 is 0 Å². The molecule has 0 atom stereocenters. The van der Waals surface area contributed by atoms with Crippen LogP contribution in [0.15, 0.2) is 24.3 Å². The summed E-state index contributed by atoms with van der Waals surface area (Å²) in [6.07, 6.45) is 1.33. The molecule has 20 heavy (non-hydrogen) atoms. The van der Waals surface area contributed by atoms with Crippen molar-refractivity contribution < 1.29 is 19.4 Å². The Kier molecular flexibility index (Phi) is 3.31. The van der Waals surface area contributed by atoms with E-state index in [0.717, 1.165) is 0 Å². The van der Waals surface area contributed by atoms with Gasteiger partial charge in [0.2, 0.25) is 0 Å². The van der Waals surface area contributed by atoms with Crippen molar-refractivity contribution in [1.29, 1.82) is 0 Å². The number of ether oxygens (including phenoxy) is 1. The molecule has 0 unspecified atom stereocenters. The molecule has 1 fully saturated rings. The van der Waals surface area contributed by atoms with E-state index in [1.807, 2.05) is 0 Å². The van der Waals surface area contributed by atoms with E-state index in [-0.39, 0.29) is 25.0 Å². The number of hydrogen-bond donors (Lipinski definition) is 1. The molecule has 3 rings (SSSR count). The van der Waals surface area contributed by atoms with Crippen molar-refractivity contribution in [2.45, 2.75) is 12.8 Å². The van der Waals surface area contributed by atoms with Gasteiger partial charge in [-0.2, -0.15) is 0 Å². The van der Waals surface area contributed by atoms with Gasteiger partial charge < -0.3 is 9.84 Å². The maximum atomic E-state index is 12.3. The Bertz CT molecular complexity index is 514. The first-order chi connectivity index (χ1) is 9.67. The van der Waals surface area contributed by atoms with E-state index >= 15 is 0 Å². The van der Waals surface area contributed by atoms with Crippen LogP contribution in [0.25, 0.3) is 0 Å². The third-order valence-corrected chi connectivity index (χ3v) is 4.26. The molecule has 0 aliphatic carbocycles. The lowest BCUT2D eigenvalue weighted by Gasteiger charge is -2.37. The molecule has 0 bridgehead atoms. The molecule has 0 saturated carbocycles. The molecule has 1 aromatic carbocycles. The number of carbonyl (C=O) groups is 2. The number of rotatable bonds is 3. The molecule has 5 nitrogen and oxygen atoms in total. The molecule has 0 radical (unpaired) electrons. The lowest BCUT2D eigenvalue weighted by atomic mass is 9.80. The summed E-state index contributed by atoms with van der Waals surface area (Å²) in [6.45, 7) is 1.34. The predicted molar refractivity (Wildman–Crippen MR) is 71.4 cm³/mol. The molecular weight excluding hydrogens is 258 g/mol. The lowest BCUT2D eigenvalue weighted by molar-refractivity contribution is -0.0278. The summed E-state index contributed by atoms with van der Waals surface area (Å²) in [5.74, 6) is -0.519. The van der Waals surface area contributed by atoms with Gasteiger partial charge in [-0.1, -0.05) is 12.1 Å². The standard InChI is InChI=1S/C15H17NO4/c17-10-15(5-7-20-8-6-15)9-16-13(18)11-3-1-2-4-12(11)14(16)19/h1-4,17H,5-10H2. The van der Waals surface area contributed by atoms with Crippen LogP contribution in [-0.2, 0) is 4.74 Å². The zero-order valence-electron chi connectivity index (χ0n) is 11.2. The average Bonchev–Trinajstić information content (AvgIpc) is 2.74. The normalized spacial score (nSPS) is 21.1. The second kappa shape index (κ2) is 5.00. The number of imide groups is 1. The molecule has 0 spiro atoms. The van der Waals surface area contributed by atoms with Crippen LogP contribution >= 0.6 is 0 Å². The first kappa shape index (κ1) is 13.3. The summed E-state index contributed by atoms with van der Waals surface area (Å²) in [5, 5.41) is 9.69. The van der Waals surface area contributed by atoms with Crippen molar-refractivity contribution in [2.75, 3.05) is 26.4 Å². The van der Waals surface area contributed by atoms with Crippen molar-refractivity contribution in [3.05, 3.63) is 35.4 Å². The van der Waals surface area contributed by atoms with E-state index in [9.17, 15) is 14.7 Å². The molecule has 1 saturated heterocycles. The SMILES string of the molecule is O=C1c2ccccc2C(=O)N1CC1(CO)CCOCC1. The molecule has 2 aliphatic heterocycles. The second-order valence-corrected chi connectivity index (χ2v) is 5.51. The van der Waals surface area contributed by atoms with Crippen LogP contribution < -0.4 is 0 Å². The number of benzene rings is 1. The monoisotopic (exact) mass is 275 g/mol. The first-order valence-corrected chi connectivity index (χ1v) is 6.81. The van der Waals surface area contributed by atoms with Crippen LogP contribution in [0, 0.1) is 5.41 Å². The number of amides is 2. The van der Waals surface area contributed by atoms with Crippen molar-refractivity contribution in [3.8, 4) is 0 Å². The van der Waals surface area contributed by atoms with Gasteiger partial charge in [-0.25, -0.2) is 0 Å². The van der Waals surface area contributed by atoms with E-state index in [4.69, 9.17) is 4.74 Å². The molecule has 106 valence electrons. The topological polar surface area (TPSA) is 66.8 Å². The predicted octanol–water partition coefficient (Wildman–Crippen LogP) is 1.07. The fraction of sp³-hybridized carbons (Fsp3) is 0.467. The number of aliphatic hydroxyl groups excluding tert-OH is 1. The third kappa shape index (κ3) is 2.03. The number of carbonyl (C=O) groups excluding carboxylic acids is 2. The fourth-order valence-electron chi connectivity index (χ4n) is 2.89. The molecule has 2 aliphatic rings. The van der Waals surface area contributed by atoms with Gasteiger partial charge in [-0.3, -0.25) is 14.5 Å². The highest BCUT2D eigenvalue weighted by Crippen LogP contribution is 2.34. The molecule has 1 N–H and O–H groups in total. The van der Waals surface area contributed by atoms with Crippen molar-refractivity contribution in [3.63, 3.8) is 0 Å². The summed E-state index contributed by atoms with van der Waals surface area (Å²) in [6, 6.07) is 6.85. The fourth-order valence-corrected chi connectivity index (χ4v) is 2.89. The highest BCUT2D eigenvalue weighted by molar-refractivity contribution is 6.21. The van der Waals surface area contributed by atoms with E-state index < -0.39 is 5.41 Å². The molecule has 0 aromatic heterocycles. The van der Waals surface area contributed by atoms with Gasteiger partial charge in [0.15, 0.2) is 0 Å². The number of aliphatic hydroxyl groups is 1. The summed E-state index contributed by atoms with van der Waals surface area (Å²) in [7, 11) is 0. The smallest absolute Gasteiger partial charge is 0.261 e. The van der Waals surface area contributed by atoms with Crippen molar-refractivity contribution >= 4 is 11.8 Å². The minimum Gasteiger partial charge on any atom is -0.396 e. The minimum absolute atomic E-state index is 0.0379. The van der Waals surface area contributed by atoms with E-state index in [1.165, 1.54) is 4.90 Å². The average molecular weight is 275 g/mol. The number of fused-ring (bicyclic) bond motifs is 1. The summed E-state index contributed by atoms with van der Waals surface area (Å²) >= 11 is 0. The highest BCUT2D eigenvalue weighted by Gasteiger charge is 2.42. The van der Waals surface area contributed by atoms with Crippen LogP contribution in [0.3, 0.4) is 0 Å². The second-order valence-electron chi connectivity index (χ2n) is 5.51. The largest absolute Gasteiger partial charge is 0.396 e. The molecule has 1 aromatic rings. The molecule has 5 heteroatoms. The van der Waals surface area contributed by atoms with E-state index in [1.54, 1.807) is 24.3 Å². The summed E-state index contributed by atoms with van der Waals surface area (Å²) < 4.78 is 5.31. The van der Waals surface area contributed by atoms with Crippen molar-refractivity contribution in [1.82, 2.24) is 4.90 Å². The number of hydrogen-bond acceptors (Lipinski definition) is 4. The molecule has 2 amide bonds. The molecular formula is C15H17NO4. The summed E-state index contributed by atoms with van der Waals surface area (Å²) in [5.41, 5.74) is 0.487. The van der Waals surface area contributed by atoms with Crippen LogP contribution in [0.2, 0.25) is 0 Å². The van der Waals surface area contributed by atoms with Gasteiger partial charge in [-0.05, 0) is 25.0 Å². The van der Waals surface area contributed by atoms with Crippen molar-refractivity contribution in [2.24, 2.45) is 5.41 Å².